The van der Waals surface area contributed by atoms with Gasteiger partial charge < -0.3 is 0 Å². The predicted octanol–water partition coefficient (Wildman–Crippen LogP) is 6.04. The Morgan fingerprint density at radius 2 is 1.38 bits per heavy atom. The fraction of sp³-hybridized carbons (Fsp3) is 0.154. The third-order valence-corrected chi connectivity index (χ3v) is 5.99. The van der Waals surface area contributed by atoms with E-state index in [1.165, 1.54) is 0 Å². The van der Waals surface area contributed by atoms with Crippen molar-refractivity contribution in [1.82, 2.24) is 0 Å². The number of anilines is 1. The van der Waals surface area contributed by atoms with Crippen LogP contribution >= 0.6 is 0 Å². The lowest BCUT2D eigenvalue weighted by Gasteiger charge is -2.41. The van der Waals surface area contributed by atoms with Gasteiger partial charge in [-0.1, -0.05) is 104 Å². The van der Waals surface area contributed by atoms with Crippen molar-refractivity contribution < 1.29 is 5.21 Å². The van der Waals surface area contributed by atoms with E-state index in [-0.39, 0.29) is 0 Å². The fourth-order valence-electron chi connectivity index (χ4n) is 3.71. The average molecular weight is 395 g/mol. The molecule has 1 radical (unpaired) electrons. The molecule has 0 unspecified atom stereocenters. The van der Waals surface area contributed by atoms with Crippen molar-refractivity contribution in [1.29, 1.82) is 0 Å². The molecule has 0 bridgehead atoms. The molecule has 2 nitrogen and oxygen atoms in total. The van der Waals surface area contributed by atoms with Crippen molar-refractivity contribution in [3.63, 3.8) is 0 Å². The highest BCUT2D eigenvalue weighted by molar-refractivity contribution is 6.83. The Morgan fingerprint density at radius 1 is 0.793 bits per heavy atom. The Morgan fingerprint density at radius 3 is 1.93 bits per heavy atom. The second-order valence-electron chi connectivity index (χ2n) is 8.36. The molecule has 0 fully saturated rings. The molecule has 143 valence electrons. The molecular weight excluding hydrogens is 370 g/mol. The molecule has 0 amide bonds. The van der Waals surface area contributed by atoms with Crippen molar-refractivity contribution in [2.24, 2.45) is 0 Å². The van der Waals surface area contributed by atoms with Crippen LogP contribution in [0.25, 0.3) is 6.08 Å². The van der Waals surface area contributed by atoms with E-state index >= 15 is 0 Å². The minimum absolute atomic E-state index is 0.655. The highest BCUT2D eigenvalue weighted by Crippen LogP contribution is 2.45. The maximum atomic E-state index is 13.9. The lowest BCUT2D eigenvalue weighted by Crippen LogP contribution is -2.45. The third-order valence-electron chi connectivity index (χ3n) is 5.11. The summed E-state index contributed by atoms with van der Waals surface area (Å²) in [4.78, 5) is 0. The lowest BCUT2D eigenvalue weighted by molar-refractivity contribution is 0.113. The molecule has 1 aliphatic rings. The van der Waals surface area contributed by atoms with E-state index in [1.54, 1.807) is 0 Å². The van der Waals surface area contributed by atoms with Crippen LogP contribution in [0.5, 0.6) is 0 Å². The molecule has 0 saturated heterocycles. The molecule has 3 heteroatoms. The van der Waals surface area contributed by atoms with Gasteiger partial charge in [-0.15, -0.1) is 5.54 Å². The molecule has 29 heavy (non-hydrogen) atoms. The van der Waals surface area contributed by atoms with Gasteiger partial charge >= 0.3 is 0 Å². The molecule has 0 saturated carbocycles. The molecule has 0 N–H and O–H groups in total. The fourth-order valence-corrected chi connectivity index (χ4v) is 4.22. The van der Waals surface area contributed by atoms with Crippen molar-refractivity contribution in [3.8, 4) is 11.5 Å². The van der Waals surface area contributed by atoms with Gasteiger partial charge in [0.05, 0.1) is 5.69 Å². The Balaban J connectivity index is 1.92. The van der Waals surface area contributed by atoms with E-state index in [9.17, 15) is 5.21 Å². The summed E-state index contributed by atoms with van der Waals surface area (Å²) in [7, 11) is -1.51. The van der Waals surface area contributed by atoms with E-state index in [1.807, 2.05) is 84.9 Å². The Hall–Kier alpha value is -3.06. The van der Waals surface area contributed by atoms with Crippen LogP contribution < -0.4 is 5.06 Å². The van der Waals surface area contributed by atoms with Crippen LogP contribution in [0, 0.1) is 11.5 Å². The zero-order valence-corrected chi connectivity index (χ0v) is 18.0. The standard InChI is InChI=1S/C26H24NOSi/c1-29(2,3)20-18-21-11-10-16-25-24(21)17-19-26(27(25)28,22-12-6-4-7-13-22)23-14-8-5-9-15-23/h4-17,19H,1-3H3. The second-order valence-corrected chi connectivity index (χ2v) is 13.1. The molecule has 0 atom stereocenters. The highest BCUT2D eigenvalue weighted by Gasteiger charge is 2.42. The van der Waals surface area contributed by atoms with Crippen molar-refractivity contribution in [2.75, 3.05) is 5.06 Å². The molecule has 1 heterocycles. The smallest absolute Gasteiger partial charge is 0.139 e. The normalized spacial score (nSPS) is 14.7. The first-order chi connectivity index (χ1) is 13.9. The summed E-state index contributed by atoms with van der Waals surface area (Å²) in [6, 6.07) is 25.8. The van der Waals surface area contributed by atoms with E-state index in [0.717, 1.165) is 27.3 Å². The number of nitrogens with zero attached hydrogens (tertiary/aromatic N) is 1. The molecule has 3 aromatic rings. The van der Waals surface area contributed by atoms with E-state index in [0.29, 0.717) is 5.69 Å². The second kappa shape index (κ2) is 7.40. The maximum Gasteiger partial charge on any atom is 0.139 e. The number of hydrogen-bond donors (Lipinski definition) is 0. The lowest BCUT2D eigenvalue weighted by atomic mass is 9.79. The highest BCUT2D eigenvalue weighted by atomic mass is 28.3. The van der Waals surface area contributed by atoms with Crippen LogP contribution in [0.2, 0.25) is 19.6 Å². The maximum absolute atomic E-state index is 13.9. The van der Waals surface area contributed by atoms with Crippen LogP contribution in [-0.4, -0.2) is 8.07 Å². The first-order valence-electron chi connectivity index (χ1n) is 9.86. The van der Waals surface area contributed by atoms with Gasteiger partial charge in [0.25, 0.3) is 0 Å². The quantitative estimate of drug-likeness (QED) is 0.384. The van der Waals surface area contributed by atoms with Crippen molar-refractivity contribution in [3.05, 3.63) is 107 Å². The summed E-state index contributed by atoms with van der Waals surface area (Å²) in [5, 5.41) is 15.1. The Kier molecular flexibility index (Phi) is 4.92. The minimum Gasteiger partial charge on any atom is -0.201 e. The summed E-state index contributed by atoms with van der Waals surface area (Å²) >= 11 is 0. The van der Waals surface area contributed by atoms with E-state index in [2.05, 4.69) is 37.2 Å². The molecule has 0 aliphatic carbocycles. The first-order valence-corrected chi connectivity index (χ1v) is 13.4. The molecular formula is C26H24NOSi. The summed E-state index contributed by atoms with van der Waals surface area (Å²) < 4.78 is 0. The van der Waals surface area contributed by atoms with Crippen LogP contribution in [0.1, 0.15) is 22.3 Å². The summed E-state index contributed by atoms with van der Waals surface area (Å²) in [5.41, 5.74) is 6.88. The van der Waals surface area contributed by atoms with Crippen molar-refractivity contribution >= 4 is 19.8 Å². The van der Waals surface area contributed by atoms with Crippen LogP contribution in [0.4, 0.5) is 5.69 Å². The van der Waals surface area contributed by atoms with Gasteiger partial charge in [-0.3, -0.25) is 0 Å². The third kappa shape index (κ3) is 3.53. The van der Waals surface area contributed by atoms with Crippen LogP contribution in [-0.2, 0) is 10.7 Å². The zero-order chi connectivity index (χ0) is 20.5. The number of rotatable bonds is 2. The van der Waals surface area contributed by atoms with Gasteiger partial charge in [-0.25, -0.2) is 5.06 Å². The van der Waals surface area contributed by atoms with Crippen LogP contribution in [0.15, 0.2) is 84.9 Å². The molecule has 0 aromatic heterocycles. The van der Waals surface area contributed by atoms with Gasteiger partial charge in [0.1, 0.15) is 13.6 Å². The van der Waals surface area contributed by atoms with Gasteiger partial charge in [0.2, 0.25) is 0 Å². The Labute approximate surface area is 174 Å². The number of fused-ring (bicyclic) bond motifs is 1. The molecule has 0 spiro atoms. The first kappa shape index (κ1) is 19.3. The largest absolute Gasteiger partial charge is 0.201 e. The van der Waals surface area contributed by atoms with Gasteiger partial charge in [0.15, 0.2) is 0 Å². The minimum atomic E-state index is -1.51. The Bertz CT molecular complexity index is 1060. The summed E-state index contributed by atoms with van der Waals surface area (Å²) in [5.74, 6) is 3.34. The molecule has 4 rings (SSSR count). The summed E-state index contributed by atoms with van der Waals surface area (Å²) in [6.07, 6.45) is 4.09. The topological polar surface area (TPSA) is 23.1 Å². The predicted molar refractivity (Wildman–Crippen MR) is 123 cm³/mol. The van der Waals surface area contributed by atoms with E-state index < -0.39 is 13.6 Å². The average Bonchev–Trinajstić information content (AvgIpc) is 2.74. The number of benzene rings is 3. The number of hydrogen-bond acceptors (Lipinski definition) is 1. The monoisotopic (exact) mass is 394 g/mol. The van der Waals surface area contributed by atoms with Crippen molar-refractivity contribution in [2.45, 2.75) is 25.2 Å². The van der Waals surface area contributed by atoms with Gasteiger partial charge in [-0.05, 0) is 29.3 Å². The van der Waals surface area contributed by atoms with Crippen LogP contribution in [0.3, 0.4) is 0 Å². The van der Waals surface area contributed by atoms with Gasteiger partial charge in [0, 0.05) is 11.1 Å². The number of hydroxylamine groups is 1. The molecule has 3 aromatic carbocycles. The summed E-state index contributed by atoms with van der Waals surface area (Å²) in [6.45, 7) is 6.67. The zero-order valence-electron chi connectivity index (χ0n) is 17.0. The SMILES string of the molecule is C[Si](C)(C)C#Cc1cccc2c1C=CC(c1ccccc1)(c1ccccc1)N2[O]. The molecule has 1 aliphatic heterocycles. The van der Waals surface area contributed by atoms with Gasteiger partial charge in [-0.2, -0.15) is 0 Å². The van der Waals surface area contributed by atoms with E-state index in [4.69, 9.17) is 0 Å².